The molecule has 0 fully saturated rings. The predicted octanol–water partition coefficient (Wildman–Crippen LogP) is 3.76. The number of thioether (sulfide) groups is 2. The van der Waals surface area contributed by atoms with E-state index in [1.165, 1.54) is 23.5 Å². The maximum absolute atomic E-state index is 12.6. The first kappa shape index (κ1) is 20.0. The van der Waals surface area contributed by atoms with Gasteiger partial charge in [0.05, 0.1) is 34.2 Å². The number of rotatable bonds is 7. The highest BCUT2D eigenvalue weighted by atomic mass is 32.2. The van der Waals surface area contributed by atoms with Crippen LogP contribution in [0, 0.1) is 11.3 Å². The standard InChI is InChI=1S/C20H18N4O2S2/c1-2-24-19(26)14-7-3-4-8-15(14)23-20(24)28-13-18(25)22-16-9-5-6-10-17(16)27-12-11-21/h3-10H,2,12-13H2,1H3,(H,22,25). The average Bonchev–Trinajstić information content (AvgIpc) is 2.72. The van der Waals surface area contributed by atoms with Gasteiger partial charge in [0.1, 0.15) is 0 Å². The van der Waals surface area contributed by atoms with Gasteiger partial charge < -0.3 is 5.32 Å². The smallest absolute Gasteiger partial charge is 0.262 e. The summed E-state index contributed by atoms with van der Waals surface area (Å²) in [5.41, 5.74) is 1.19. The zero-order chi connectivity index (χ0) is 19.9. The maximum atomic E-state index is 12.6. The molecule has 1 aromatic heterocycles. The fourth-order valence-electron chi connectivity index (χ4n) is 2.66. The summed E-state index contributed by atoms with van der Waals surface area (Å²) in [6.07, 6.45) is 0. The van der Waals surface area contributed by atoms with E-state index in [0.29, 0.717) is 34.0 Å². The minimum atomic E-state index is -0.194. The molecule has 0 unspecified atom stereocenters. The Kier molecular flexibility index (Phi) is 6.74. The molecule has 0 bridgehead atoms. The number of amides is 1. The summed E-state index contributed by atoms with van der Waals surface area (Å²) in [5, 5.41) is 12.7. The number of hydrogen-bond donors (Lipinski definition) is 1. The minimum absolute atomic E-state index is 0.103. The molecule has 1 amide bonds. The third kappa shape index (κ3) is 4.55. The van der Waals surface area contributed by atoms with Gasteiger partial charge in [0.25, 0.3) is 5.56 Å². The monoisotopic (exact) mass is 410 g/mol. The molecule has 0 saturated heterocycles. The summed E-state index contributed by atoms with van der Waals surface area (Å²) in [7, 11) is 0. The van der Waals surface area contributed by atoms with E-state index in [9.17, 15) is 9.59 Å². The first-order valence-corrected chi connectivity index (χ1v) is 10.6. The number of carbonyl (C=O) groups is 1. The zero-order valence-corrected chi connectivity index (χ0v) is 16.8. The molecule has 0 aliphatic carbocycles. The summed E-state index contributed by atoms with van der Waals surface area (Å²) in [6.45, 7) is 2.36. The second-order valence-corrected chi connectivity index (χ2v) is 7.70. The molecule has 1 N–H and O–H groups in total. The molecule has 6 nitrogen and oxygen atoms in total. The van der Waals surface area contributed by atoms with Crippen LogP contribution in [-0.2, 0) is 11.3 Å². The highest BCUT2D eigenvalue weighted by Gasteiger charge is 2.13. The fraction of sp³-hybridized carbons (Fsp3) is 0.200. The lowest BCUT2D eigenvalue weighted by molar-refractivity contribution is -0.113. The van der Waals surface area contributed by atoms with E-state index >= 15 is 0 Å². The van der Waals surface area contributed by atoms with Crippen molar-refractivity contribution in [3.05, 3.63) is 58.9 Å². The highest BCUT2D eigenvalue weighted by molar-refractivity contribution is 8.00. The van der Waals surface area contributed by atoms with Crippen molar-refractivity contribution < 1.29 is 4.79 Å². The Morgan fingerprint density at radius 3 is 2.71 bits per heavy atom. The second kappa shape index (κ2) is 9.44. The van der Waals surface area contributed by atoms with Gasteiger partial charge in [-0.15, -0.1) is 11.8 Å². The SMILES string of the molecule is CCn1c(SCC(=O)Nc2ccccc2SCC#N)nc2ccccc2c1=O. The quantitative estimate of drug-likeness (QED) is 0.471. The Labute approximate surface area is 171 Å². The lowest BCUT2D eigenvalue weighted by Gasteiger charge is -2.12. The topological polar surface area (TPSA) is 87.8 Å². The number of carbonyl (C=O) groups excluding carboxylic acids is 1. The number of nitriles is 1. The third-order valence-corrected chi connectivity index (χ3v) is 5.85. The minimum Gasteiger partial charge on any atom is -0.324 e. The summed E-state index contributed by atoms with van der Waals surface area (Å²) in [5.74, 6) is 0.244. The van der Waals surface area contributed by atoms with Crippen LogP contribution in [0.1, 0.15) is 6.92 Å². The van der Waals surface area contributed by atoms with Crippen molar-refractivity contribution in [2.45, 2.75) is 23.5 Å². The van der Waals surface area contributed by atoms with Gasteiger partial charge in [0, 0.05) is 11.4 Å². The summed E-state index contributed by atoms with van der Waals surface area (Å²) in [4.78, 5) is 30.5. The summed E-state index contributed by atoms with van der Waals surface area (Å²) in [6, 6.07) is 16.6. The van der Waals surface area contributed by atoms with Gasteiger partial charge in [-0.05, 0) is 31.2 Å². The first-order valence-electron chi connectivity index (χ1n) is 8.65. The van der Waals surface area contributed by atoms with E-state index in [4.69, 9.17) is 5.26 Å². The van der Waals surface area contributed by atoms with E-state index in [0.717, 1.165) is 4.90 Å². The van der Waals surface area contributed by atoms with Crippen LogP contribution in [0.5, 0.6) is 0 Å². The zero-order valence-electron chi connectivity index (χ0n) is 15.2. The number of anilines is 1. The number of para-hydroxylation sites is 2. The molecular weight excluding hydrogens is 392 g/mol. The molecule has 0 aliphatic heterocycles. The van der Waals surface area contributed by atoms with Crippen LogP contribution in [0.25, 0.3) is 10.9 Å². The molecule has 1 heterocycles. The van der Waals surface area contributed by atoms with E-state index in [1.807, 2.05) is 37.3 Å². The van der Waals surface area contributed by atoms with Crippen molar-refractivity contribution in [3.8, 4) is 6.07 Å². The number of hydrogen-bond acceptors (Lipinski definition) is 6. The Morgan fingerprint density at radius 1 is 1.18 bits per heavy atom. The van der Waals surface area contributed by atoms with E-state index in [-0.39, 0.29) is 17.2 Å². The maximum Gasteiger partial charge on any atom is 0.262 e. The van der Waals surface area contributed by atoms with E-state index in [2.05, 4.69) is 16.4 Å². The number of aromatic nitrogens is 2. The molecule has 3 rings (SSSR count). The van der Waals surface area contributed by atoms with E-state index in [1.54, 1.807) is 22.8 Å². The molecule has 0 radical (unpaired) electrons. The van der Waals surface area contributed by atoms with Crippen molar-refractivity contribution in [1.29, 1.82) is 5.26 Å². The van der Waals surface area contributed by atoms with E-state index < -0.39 is 0 Å². The van der Waals surface area contributed by atoms with Crippen LogP contribution in [0.2, 0.25) is 0 Å². The van der Waals surface area contributed by atoms with Gasteiger partial charge in [0.15, 0.2) is 5.16 Å². The Hall–Kier alpha value is -2.76. The lowest BCUT2D eigenvalue weighted by Crippen LogP contribution is -2.23. The largest absolute Gasteiger partial charge is 0.324 e. The Morgan fingerprint density at radius 2 is 1.93 bits per heavy atom. The molecule has 0 saturated carbocycles. The van der Waals surface area contributed by atoms with Gasteiger partial charge in [-0.1, -0.05) is 36.0 Å². The van der Waals surface area contributed by atoms with Crippen LogP contribution >= 0.6 is 23.5 Å². The van der Waals surface area contributed by atoms with Crippen LogP contribution < -0.4 is 10.9 Å². The molecule has 142 valence electrons. The second-order valence-electron chi connectivity index (χ2n) is 5.74. The molecule has 28 heavy (non-hydrogen) atoms. The Bertz CT molecular complexity index is 1110. The van der Waals surface area contributed by atoms with Crippen LogP contribution in [0.3, 0.4) is 0 Å². The number of nitrogens with one attached hydrogen (secondary N) is 1. The average molecular weight is 411 g/mol. The van der Waals surface area contributed by atoms with Gasteiger partial charge >= 0.3 is 0 Å². The normalized spacial score (nSPS) is 10.6. The van der Waals surface area contributed by atoms with Gasteiger partial charge in [-0.25, -0.2) is 4.98 Å². The fourth-order valence-corrected chi connectivity index (χ4v) is 4.19. The predicted molar refractivity (Wildman–Crippen MR) is 114 cm³/mol. The molecule has 0 spiro atoms. The van der Waals surface area contributed by atoms with Crippen molar-refractivity contribution in [2.75, 3.05) is 16.8 Å². The molecule has 0 aliphatic rings. The first-order chi connectivity index (χ1) is 13.6. The molecule has 3 aromatic rings. The number of nitrogens with zero attached hydrogens (tertiary/aromatic N) is 3. The van der Waals surface area contributed by atoms with Crippen molar-refractivity contribution in [3.63, 3.8) is 0 Å². The Balaban J connectivity index is 1.75. The third-order valence-electron chi connectivity index (χ3n) is 3.93. The highest BCUT2D eigenvalue weighted by Crippen LogP contribution is 2.27. The summed E-state index contributed by atoms with van der Waals surface area (Å²) >= 11 is 2.60. The molecular formula is C20H18N4O2S2. The molecule has 0 atom stereocenters. The van der Waals surface area contributed by atoms with Crippen LogP contribution in [-0.4, -0.2) is 27.0 Å². The number of benzene rings is 2. The van der Waals surface area contributed by atoms with Gasteiger partial charge in [-0.3, -0.25) is 14.2 Å². The van der Waals surface area contributed by atoms with Crippen molar-refractivity contribution in [2.24, 2.45) is 0 Å². The molecule has 2 aromatic carbocycles. The summed E-state index contributed by atoms with van der Waals surface area (Å²) < 4.78 is 1.58. The van der Waals surface area contributed by atoms with Crippen LogP contribution in [0.4, 0.5) is 5.69 Å². The number of fused-ring (bicyclic) bond motifs is 1. The van der Waals surface area contributed by atoms with Crippen molar-refractivity contribution >= 4 is 46.0 Å². The molecule has 8 heteroatoms. The van der Waals surface area contributed by atoms with Crippen LogP contribution in [0.15, 0.2) is 63.4 Å². The van der Waals surface area contributed by atoms with Crippen molar-refractivity contribution in [1.82, 2.24) is 9.55 Å². The lowest BCUT2D eigenvalue weighted by atomic mass is 10.2. The van der Waals surface area contributed by atoms with Gasteiger partial charge in [0.2, 0.25) is 5.91 Å². The van der Waals surface area contributed by atoms with Gasteiger partial charge in [-0.2, -0.15) is 5.26 Å².